The molecule has 0 spiro atoms. The summed E-state index contributed by atoms with van der Waals surface area (Å²) < 4.78 is 46.0. The number of hydrogen-bond donors (Lipinski definition) is 0. The van der Waals surface area contributed by atoms with Gasteiger partial charge in [-0.05, 0) is 20.3 Å². The molecule has 0 amide bonds. The van der Waals surface area contributed by atoms with E-state index in [1.165, 1.54) is 0 Å². The van der Waals surface area contributed by atoms with Crippen molar-refractivity contribution in [2.45, 2.75) is 38.1 Å². The van der Waals surface area contributed by atoms with Crippen LogP contribution in [0.2, 0.25) is 0 Å². The maximum absolute atomic E-state index is 11.9. The lowest BCUT2D eigenvalue weighted by atomic mass is 10.1. The van der Waals surface area contributed by atoms with Crippen LogP contribution in [0.15, 0.2) is 0 Å². The Kier molecular flexibility index (Phi) is 6.36. The third-order valence-corrected chi connectivity index (χ3v) is 3.10. The molecule has 0 saturated carbocycles. The van der Waals surface area contributed by atoms with Crippen molar-refractivity contribution in [3.8, 4) is 0 Å². The van der Waals surface area contributed by atoms with E-state index in [-0.39, 0.29) is 18.3 Å². The monoisotopic (exact) mass is 303 g/mol. The number of hydrogen-bond acceptors (Lipinski definition) is 3. The summed E-state index contributed by atoms with van der Waals surface area (Å²) in [5.41, 5.74) is -0.273. The predicted molar refractivity (Wildman–Crippen MR) is 67.6 cm³/mol. The van der Waals surface area contributed by atoms with Crippen LogP contribution in [0.3, 0.4) is 0 Å². The molecule has 0 bridgehead atoms. The summed E-state index contributed by atoms with van der Waals surface area (Å²) in [6.45, 7) is 5.07. The summed E-state index contributed by atoms with van der Waals surface area (Å²) >= 11 is 5.81. The summed E-state index contributed by atoms with van der Waals surface area (Å²) in [6.07, 6.45) is -3.70. The van der Waals surface area contributed by atoms with Gasteiger partial charge >= 0.3 is 6.18 Å². The van der Waals surface area contributed by atoms with Gasteiger partial charge in [0.2, 0.25) is 0 Å². The van der Waals surface area contributed by atoms with E-state index in [0.29, 0.717) is 25.4 Å². The second-order valence-corrected chi connectivity index (χ2v) is 5.72. The molecule has 1 aliphatic rings. The van der Waals surface area contributed by atoms with Gasteiger partial charge < -0.3 is 9.47 Å². The van der Waals surface area contributed by atoms with Gasteiger partial charge in [0.05, 0.1) is 11.7 Å². The maximum Gasteiger partial charge on any atom is 0.411 e. The topological polar surface area (TPSA) is 21.7 Å². The number of morpholine rings is 1. The van der Waals surface area contributed by atoms with Crippen LogP contribution in [0.25, 0.3) is 0 Å². The highest BCUT2D eigenvalue weighted by Crippen LogP contribution is 2.21. The molecule has 1 rings (SSSR count). The molecule has 1 unspecified atom stereocenters. The van der Waals surface area contributed by atoms with E-state index in [1.54, 1.807) is 0 Å². The molecule has 0 aliphatic carbocycles. The van der Waals surface area contributed by atoms with Crippen LogP contribution in [0.1, 0.15) is 20.3 Å². The van der Waals surface area contributed by atoms with Crippen LogP contribution < -0.4 is 0 Å². The minimum Gasteiger partial charge on any atom is -0.372 e. The Balaban J connectivity index is 2.21. The molecule has 1 aliphatic heterocycles. The Bertz CT molecular complexity index is 274. The van der Waals surface area contributed by atoms with E-state index in [2.05, 4.69) is 9.64 Å². The van der Waals surface area contributed by atoms with Crippen LogP contribution in [0, 0.1) is 0 Å². The van der Waals surface area contributed by atoms with E-state index in [9.17, 15) is 13.2 Å². The first kappa shape index (κ1) is 17.0. The van der Waals surface area contributed by atoms with Crippen molar-refractivity contribution in [2.24, 2.45) is 0 Å². The van der Waals surface area contributed by atoms with Crippen molar-refractivity contribution in [1.82, 2.24) is 4.90 Å². The van der Waals surface area contributed by atoms with Crippen LogP contribution >= 0.6 is 11.6 Å². The fourth-order valence-corrected chi connectivity index (χ4v) is 2.41. The molecule has 0 radical (unpaired) electrons. The zero-order valence-corrected chi connectivity index (χ0v) is 12.1. The third kappa shape index (κ3) is 7.34. The smallest absolute Gasteiger partial charge is 0.372 e. The Labute approximate surface area is 117 Å². The highest BCUT2D eigenvalue weighted by Gasteiger charge is 2.32. The molecular weight excluding hydrogens is 283 g/mol. The standard InChI is InChI=1S/C12H21ClF3NO2/c1-11(2)8-17(7-10(6-13)19-11)4-3-5-18-9-12(14,15)16/h10H,3-9H2,1-2H3. The highest BCUT2D eigenvalue weighted by molar-refractivity contribution is 6.18. The van der Waals surface area contributed by atoms with Gasteiger partial charge in [-0.3, -0.25) is 4.90 Å². The molecule has 1 heterocycles. The van der Waals surface area contributed by atoms with E-state index < -0.39 is 12.8 Å². The molecular formula is C12H21ClF3NO2. The van der Waals surface area contributed by atoms with Crippen LogP contribution in [-0.4, -0.2) is 61.5 Å². The Morgan fingerprint density at radius 1 is 1.42 bits per heavy atom. The predicted octanol–water partition coefficient (Wildman–Crippen LogP) is 2.67. The first-order chi connectivity index (χ1) is 8.72. The van der Waals surface area contributed by atoms with Gasteiger partial charge in [0.15, 0.2) is 0 Å². The van der Waals surface area contributed by atoms with Crippen molar-refractivity contribution < 1.29 is 22.6 Å². The molecule has 0 aromatic heterocycles. The number of nitrogens with zero attached hydrogens (tertiary/aromatic N) is 1. The minimum absolute atomic E-state index is 0.0264. The van der Waals surface area contributed by atoms with Crippen LogP contribution in [0.5, 0.6) is 0 Å². The zero-order valence-electron chi connectivity index (χ0n) is 11.3. The fourth-order valence-electron chi connectivity index (χ4n) is 2.25. The van der Waals surface area contributed by atoms with Crippen molar-refractivity contribution in [3.05, 3.63) is 0 Å². The molecule has 19 heavy (non-hydrogen) atoms. The van der Waals surface area contributed by atoms with Gasteiger partial charge in [-0.25, -0.2) is 0 Å². The highest BCUT2D eigenvalue weighted by atomic mass is 35.5. The first-order valence-corrected chi connectivity index (χ1v) is 6.86. The Morgan fingerprint density at radius 3 is 2.68 bits per heavy atom. The van der Waals surface area contributed by atoms with Gasteiger partial charge in [-0.2, -0.15) is 13.2 Å². The van der Waals surface area contributed by atoms with Gasteiger partial charge in [0, 0.05) is 32.1 Å². The van der Waals surface area contributed by atoms with E-state index in [1.807, 2.05) is 13.8 Å². The molecule has 114 valence electrons. The maximum atomic E-state index is 11.9. The quantitative estimate of drug-likeness (QED) is 0.556. The third-order valence-electron chi connectivity index (χ3n) is 2.75. The number of rotatable bonds is 6. The normalized spacial score (nSPS) is 24.6. The molecule has 0 aromatic rings. The summed E-state index contributed by atoms with van der Waals surface area (Å²) in [5, 5.41) is 0. The van der Waals surface area contributed by atoms with Gasteiger partial charge in [0.25, 0.3) is 0 Å². The van der Waals surface area contributed by atoms with Crippen LogP contribution in [-0.2, 0) is 9.47 Å². The first-order valence-electron chi connectivity index (χ1n) is 6.32. The average molecular weight is 304 g/mol. The van der Waals surface area contributed by atoms with Crippen molar-refractivity contribution in [3.63, 3.8) is 0 Å². The van der Waals surface area contributed by atoms with Crippen LogP contribution in [0.4, 0.5) is 13.2 Å². The van der Waals surface area contributed by atoms with Crippen molar-refractivity contribution in [1.29, 1.82) is 0 Å². The Morgan fingerprint density at radius 2 is 2.11 bits per heavy atom. The van der Waals surface area contributed by atoms with E-state index in [0.717, 1.165) is 6.54 Å². The molecule has 0 aromatic carbocycles. The lowest BCUT2D eigenvalue weighted by Crippen LogP contribution is -2.53. The Hall–Kier alpha value is -0.0400. The average Bonchev–Trinajstić information content (AvgIpc) is 2.24. The molecule has 1 saturated heterocycles. The summed E-state index contributed by atoms with van der Waals surface area (Å²) in [5.74, 6) is 0.421. The number of alkyl halides is 4. The second kappa shape index (κ2) is 7.11. The van der Waals surface area contributed by atoms with E-state index >= 15 is 0 Å². The van der Waals surface area contributed by atoms with Gasteiger partial charge in [-0.15, -0.1) is 11.6 Å². The lowest BCUT2D eigenvalue weighted by Gasteiger charge is -2.42. The van der Waals surface area contributed by atoms with Crippen molar-refractivity contribution in [2.75, 3.05) is 38.7 Å². The van der Waals surface area contributed by atoms with Gasteiger partial charge in [0.1, 0.15) is 6.61 Å². The molecule has 0 N–H and O–H groups in total. The second-order valence-electron chi connectivity index (χ2n) is 5.41. The summed E-state index contributed by atoms with van der Waals surface area (Å²) in [4.78, 5) is 2.16. The van der Waals surface area contributed by atoms with Gasteiger partial charge in [-0.1, -0.05) is 0 Å². The minimum atomic E-state index is -4.25. The number of ether oxygens (including phenoxy) is 2. The summed E-state index contributed by atoms with van der Waals surface area (Å²) in [6, 6.07) is 0. The SMILES string of the molecule is CC1(C)CN(CCCOCC(F)(F)F)CC(CCl)O1. The lowest BCUT2D eigenvalue weighted by molar-refractivity contribution is -0.174. The molecule has 1 atom stereocenters. The molecule has 1 fully saturated rings. The summed E-state index contributed by atoms with van der Waals surface area (Å²) in [7, 11) is 0. The van der Waals surface area contributed by atoms with Crippen molar-refractivity contribution >= 4 is 11.6 Å². The number of halogens is 4. The molecule has 7 heteroatoms. The largest absolute Gasteiger partial charge is 0.411 e. The zero-order chi connectivity index (χ0) is 14.5. The van der Waals surface area contributed by atoms with E-state index in [4.69, 9.17) is 16.3 Å². The molecule has 3 nitrogen and oxygen atoms in total. The fraction of sp³-hybridized carbons (Fsp3) is 1.00.